The summed E-state index contributed by atoms with van der Waals surface area (Å²) in [6.07, 6.45) is 1.57. The lowest BCUT2D eigenvalue weighted by Gasteiger charge is -1.95. The molecule has 3 rings (SSSR count). The second kappa shape index (κ2) is 4.16. The van der Waals surface area contributed by atoms with Crippen LogP contribution in [0.15, 0.2) is 42.6 Å². The Labute approximate surface area is 107 Å². The Morgan fingerprint density at radius 3 is 2.74 bits per heavy atom. The smallest absolute Gasteiger partial charge is 0.339 e. The van der Waals surface area contributed by atoms with Crippen LogP contribution >= 0.6 is 0 Å². The average molecular weight is 257 g/mol. The van der Waals surface area contributed by atoms with E-state index in [9.17, 15) is 9.18 Å². The zero-order chi connectivity index (χ0) is 13.4. The number of pyridine rings is 1. The van der Waals surface area contributed by atoms with Crippen LogP contribution in [-0.4, -0.2) is 25.7 Å². The van der Waals surface area contributed by atoms with Crippen molar-refractivity contribution < 1.29 is 14.3 Å². The summed E-state index contributed by atoms with van der Waals surface area (Å²) in [6.45, 7) is 0. The molecule has 5 nitrogen and oxygen atoms in total. The van der Waals surface area contributed by atoms with Crippen LogP contribution in [0.25, 0.3) is 17.0 Å². The monoisotopic (exact) mass is 257 g/mol. The fourth-order valence-corrected chi connectivity index (χ4v) is 1.83. The summed E-state index contributed by atoms with van der Waals surface area (Å²) in [6, 6.07) is 9.07. The van der Waals surface area contributed by atoms with Crippen molar-refractivity contribution in [3.63, 3.8) is 0 Å². The maximum atomic E-state index is 13.7. The fourth-order valence-electron chi connectivity index (χ4n) is 1.83. The molecule has 1 aromatic carbocycles. The Hall–Kier alpha value is -2.76. The first-order valence-corrected chi connectivity index (χ1v) is 5.50. The minimum Gasteiger partial charge on any atom is -0.478 e. The third-order valence-corrected chi connectivity index (χ3v) is 2.71. The van der Waals surface area contributed by atoms with Gasteiger partial charge in [-0.05, 0) is 24.3 Å². The van der Waals surface area contributed by atoms with Gasteiger partial charge in [0.25, 0.3) is 0 Å². The van der Waals surface area contributed by atoms with E-state index < -0.39 is 11.8 Å². The maximum Gasteiger partial charge on any atom is 0.339 e. The number of aromatic nitrogens is 3. The predicted octanol–water partition coefficient (Wildman–Crippen LogP) is 2.23. The minimum atomic E-state index is -1.10. The van der Waals surface area contributed by atoms with Crippen molar-refractivity contribution in [2.75, 3.05) is 0 Å². The van der Waals surface area contributed by atoms with Crippen LogP contribution in [0.5, 0.6) is 0 Å². The van der Waals surface area contributed by atoms with Gasteiger partial charge in [0, 0.05) is 6.20 Å². The highest BCUT2D eigenvalue weighted by Crippen LogP contribution is 2.20. The van der Waals surface area contributed by atoms with E-state index in [4.69, 9.17) is 5.11 Å². The van der Waals surface area contributed by atoms with E-state index in [2.05, 4.69) is 10.1 Å². The highest BCUT2D eigenvalue weighted by molar-refractivity contribution is 5.94. The lowest BCUT2D eigenvalue weighted by atomic mass is 10.2. The minimum absolute atomic E-state index is 0.0255. The third-order valence-electron chi connectivity index (χ3n) is 2.71. The van der Waals surface area contributed by atoms with Crippen molar-refractivity contribution in [1.82, 2.24) is 14.6 Å². The third kappa shape index (κ3) is 1.83. The van der Waals surface area contributed by atoms with E-state index in [0.29, 0.717) is 0 Å². The Kier molecular flexibility index (Phi) is 2.49. The molecular weight excluding hydrogens is 249 g/mol. The molecule has 0 bridgehead atoms. The Bertz CT molecular complexity index is 782. The van der Waals surface area contributed by atoms with Crippen LogP contribution < -0.4 is 0 Å². The Morgan fingerprint density at radius 2 is 2.00 bits per heavy atom. The first kappa shape index (κ1) is 11.3. The molecule has 0 spiro atoms. The molecule has 0 aliphatic carbocycles. The second-order valence-electron chi connectivity index (χ2n) is 3.91. The Balaban J connectivity index is 2.26. The summed E-state index contributed by atoms with van der Waals surface area (Å²) in [5, 5.41) is 13.2. The molecule has 0 fully saturated rings. The molecule has 19 heavy (non-hydrogen) atoms. The van der Waals surface area contributed by atoms with E-state index in [1.165, 1.54) is 16.6 Å². The molecule has 3 aromatic rings. The highest BCUT2D eigenvalue weighted by atomic mass is 19.1. The van der Waals surface area contributed by atoms with Gasteiger partial charge in [0.2, 0.25) is 0 Å². The molecule has 0 amide bonds. The van der Waals surface area contributed by atoms with E-state index in [1.807, 2.05) is 0 Å². The van der Waals surface area contributed by atoms with Crippen LogP contribution in [0, 0.1) is 5.82 Å². The number of hydrogen-bond acceptors (Lipinski definition) is 3. The quantitative estimate of drug-likeness (QED) is 0.764. The molecule has 2 heterocycles. The molecular formula is C13H8FN3O2. The van der Waals surface area contributed by atoms with Gasteiger partial charge >= 0.3 is 5.97 Å². The summed E-state index contributed by atoms with van der Waals surface area (Å²) < 4.78 is 15.0. The summed E-state index contributed by atoms with van der Waals surface area (Å²) in [5.74, 6) is -1.39. The van der Waals surface area contributed by atoms with Crippen LogP contribution in [0.3, 0.4) is 0 Å². The molecule has 0 atom stereocenters. The number of rotatable bonds is 2. The number of fused-ring (bicyclic) bond motifs is 1. The number of benzene rings is 1. The van der Waals surface area contributed by atoms with Crippen molar-refractivity contribution in [3.8, 4) is 11.4 Å². The number of carbonyl (C=O) groups is 1. The Morgan fingerprint density at radius 1 is 1.21 bits per heavy atom. The summed E-state index contributed by atoms with van der Waals surface area (Å²) >= 11 is 0. The summed E-state index contributed by atoms with van der Waals surface area (Å²) in [7, 11) is 0. The fraction of sp³-hybridized carbons (Fsp3) is 0. The van der Waals surface area contributed by atoms with E-state index >= 15 is 0 Å². The number of nitrogens with zero attached hydrogens (tertiary/aromatic N) is 3. The highest BCUT2D eigenvalue weighted by Gasteiger charge is 2.15. The molecule has 0 saturated carbocycles. The average Bonchev–Trinajstić information content (AvgIpc) is 2.82. The lowest BCUT2D eigenvalue weighted by Crippen LogP contribution is -2.00. The van der Waals surface area contributed by atoms with Crippen LogP contribution in [0.2, 0.25) is 0 Å². The first-order valence-electron chi connectivity index (χ1n) is 5.50. The number of aromatic carboxylic acids is 1. The first-order chi connectivity index (χ1) is 9.16. The molecule has 6 heteroatoms. The number of hydrogen-bond donors (Lipinski definition) is 1. The van der Waals surface area contributed by atoms with Gasteiger partial charge in [-0.2, -0.15) is 0 Å². The number of carboxylic acids is 1. The van der Waals surface area contributed by atoms with Crippen LogP contribution in [0.4, 0.5) is 4.39 Å². The van der Waals surface area contributed by atoms with Gasteiger partial charge in [-0.1, -0.05) is 12.1 Å². The van der Waals surface area contributed by atoms with Gasteiger partial charge in [0.05, 0.1) is 5.56 Å². The van der Waals surface area contributed by atoms with Crippen molar-refractivity contribution in [1.29, 1.82) is 0 Å². The molecule has 0 aliphatic heterocycles. The lowest BCUT2D eigenvalue weighted by molar-refractivity contribution is 0.0698. The van der Waals surface area contributed by atoms with Gasteiger partial charge in [0.1, 0.15) is 11.4 Å². The van der Waals surface area contributed by atoms with Crippen molar-refractivity contribution in [2.45, 2.75) is 0 Å². The maximum absolute atomic E-state index is 13.7. The molecule has 2 aromatic heterocycles. The standard InChI is InChI=1S/C13H8FN3O2/c14-10-6-2-1-4-8(10)11-15-12-9(13(18)19)5-3-7-17(12)16-11/h1-7H,(H,18,19). The van der Waals surface area contributed by atoms with Crippen molar-refractivity contribution in [2.24, 2.45) is 0 Å². The van der Waals surface area contributed by atoms with Gasteiger partial charge in [-0.3, -0.25) is 0 Å². The van der Waals surface area contributed by atoms with Crippen molar-refractivity contribution in [3.05, 3.63) is 54.0 Å². The van der Waals surface area contributed by atoms with Crippen LogP contribution in [0.1, 0.15) is 10.4 Å². The predicted molar refractivity (Wildman–Crippen MR) is 65.3 cm³/mol. The van der Waals surface area contributed by atoms with Crippen LogP contribution in [-0.2, 0) is 0 Å². The van der Waals surface area contributed by atoms with Gasteiger partial charge in [-0.25, -0.2) is 18.7 Å². The zero-order valence-electron chi connectivity index (χ0n) is 9.62. The molecule has 1 N–H and O–H groups in total. The molecule has 0 aliphatic rings. The van der Waals surface area contributed by atoms with Crippen molar-refractivity contribution >= 4 is 11.6 Å². The van der Waals surface area contributed by atoms with E-state index in [-0.39, 0.29) is 22.6 Å². The number of carboxylic acid groups (broad SMARTS) is 1. The summed E-state index contributed by atoms with van der Waals surface area (Å²) in [5.41, 5.74) is 0.452. The zero-order valence-corrected chi connectivity index (χ0v) is 9.62. The number of halogens is 1. The van der Waals surface area contributed by atoms with E-state index in [1.54, 1.807) is 30.5 Å². The van der Waals surface area contributed by atoms with Gasteiger partial charge in [0.15, 0.2) is 11.5 Å². The second-order valence-corrected chi connectivity index (χ2v) is 3.91. The van der Waals surface area contributed by atoms with Gasteiger partial charge in [-0.15, -0.1) is 5.10 Å². The van der Waals surface area contributed by atoms with Gasteiger partial charge < -0.3 is 5.11 Å². The van der Waals surface area contributed by atoms with E-state index in [0.717, 1.165) is 0 Å². The molecule has 0 radical (unpaired) electrons. The molecule has 94 valence electrons. The topological polar surface area (TPSA) is 67.5 Å². The largest absolute Gasteiger partial charge is 0.478 e. The molecule has 0 saturated heterocycles. The normalized spacial score (nSPS) is 10.8. The summed E-state index contributed by atoms with van der Waals surface area (Å²) in [4.78, 5) is 15.2. The SMILES string of the molecule is O=C(O)c1cccn2nc(-c3ccccc3F)nc12. The molecule has 0 unspecified atom stereocenters.